The van der Waals surface area contributed by atoms with Crippen molar-refractivity contribution in [1.82, 2.24) is 10.6 Å². The van der Waals surface area contributed by atoms with Crippen LogP contribution in [-0.2, 0) is 6.42 Å². The van der Waals surface area contributed by atoms with Crippen LogP contribution in [0, 0.1) is 0 Å². The summed E-state index contributed by atoms with van der Waals surface area (Å²) in [5, 5.41) is 17.2. The molecular weight excluding hydrogens is 212 g/mol. The van der Waals surface area contributed by atoms with E-state index >= 15 is 0 Å². The van der Waals surface area contributed by atoms with E-state index in [2.05, 4.69) is 28.8 Å². The molecule has 0 aliphatic carbocycles. The van der Waals surface area contributed by atoms with Crippen LogP contribution in [0.1, 0.15) is 30.5 Å². The van der Waals surface area contributed by atoms with Gasteiger partial charge in [0.05, 0.1) is 11.6 Å². The topological polar surface area (TPSA) is 44.3 Å². The molecule has 3 nitrogen and oxygen atoms in total. The average molecular weight is 234 g/mol. The van der Waals surface area contributed by atoms with Crippen molar-refractivity contribution >= 4 is 0 Å². The maximum atomic E-state index is 10.6. The SMILES string of the molecule is CNCCC(C)(O)C1NCCc2ccccc21. The van der Waals surface area contributed by atoms with Gasteiger partial charge in [-0.1, -0.05) is 24.3 Å². The van der Waals surface area contributed by atoms with Gasteiger partial charge in [0, 0.05) is 0 Å². The van der Waals surface area contributed by atoms with Gasteiger partial charge in [-0.05, 0) is 51.0 Å². The van der Waals surface area contributed by atoms with E-state index in [0.717, 1.165) is 25.9 Å². The lowest BCUT2D eigenvalue weighted by atomic mass is 9.82. The predicted molar refractivity (Wildman–Crippen MR) is 70.1 cm³/mol. The quantitative estimate of drug-likeness (QED) is 0.734. The van der Waals surface area contributed by atoms with Crippen LogP contribution in [-0.4, -0.2) is 30.8 Å². The van der Waals surface area contributed by atoms with Crippen molar-refractivity contribution in [2.45, 2.75) is 31.4 Å². The third-order valence-electron chi connectivity index (χ3n) is 3.61. The Morgan fingerprint density at radius 1 is 1.47 bits per heavy atom. The lowest BCUT2D eigenvalue weighted by Gasteiger charge is -2.38. The minimum Gasteiger partial charge on any atom is -0.388 e. The molecule has 0 aromatic heterocycles. The predicted octanol–water partition coefficient (Wildman–Crippen LogP) is 1.23. The highest BCUT2D eigenvalue weighted by Gasteiger charge is 2.35. The highest BCUT2D eigenvalue weighted by atomic mass is 16.3. The zero-order chi connectivity index (χ0) is 12.3. The van der Waals surface area contributed by atoms with Crippen LogP contribution in [0.25, 0.3) is 0 Å². The largest absolute Gasteiger partial charge is 0.388 e. The van der Waals surface area contributed by atoms with Gasteiger partial charge in [-0.15, -0.1) is 0 Å². The van der Waals surface area contributed by atoms with Crippen molar-refractivity contribution in [3.05, 3.63) is 35.4 Å². The molecule has 17 heavy (non-hydrogen) atoms. The van der Waals surface area contributed by atoms with Crippen LogP contribution in [0.15, 0.2) is 24.3 Å². The Labute approximate surface area is 103 Å². The second-order valence-corrected chi connectivity index (χ2v) is 5.05. The van der Waals surface area contributed by atoms with Gasteiger partial charge in [0.15, 0.2) is 0 Å². The molecule has 0 bridgehead atoms. The van der Waals surface area contributed by atoms with Crippen LogP contribution in [0.2, 0.25) is 0 Å². The standard InChI is InChI=1S/C14H22N2O/c1-14(17,8-10-15-2)13-12-6-4-3-5-11(12)7-9-16-13/h3-6,13,15-17H,7-10H2,1-2H3. The minimum absolute atomic E-state index is 0.0424. The first-order valence-corrected chi connectivity index (χ1v) is 6.33. The summed E-state index contributed by atoms with van der Waals surface area (Å²) in [6.45, 7) is 3.69. The van der Waals surface area contributed by atoms with E-state index < -0.39 is 5.60 Å². The highest BCUT2D eigenvalue weighted by molar-refractivity contribution is 5.34. The van der Waals surface area contributed by atoms with E-state index in [1.54, 1.807) is 0 Å². The molecule has 0 fully saturated rings. The van der Waals surface area contributed by atoms with E-state index in [9.17, 15) is 5.11 Å². The van der Waals surface area contributed by atoms with E-state index in [4.69, 9.17) is 0 Å². The molecule has 0 saturated carbocycles. The van der Waals surface area contributed by atoms with Gasteiger partial charge in [-0.3, -0.25) is 0 Å². The van der Waals surface area contributed by atoms with Crippen LogP contribution >= 0.6 is 0 Å². The zero-order valence-electron chi connectivity index (χ0n) is 10.7. The fourth-order valence-corrected chi connectivity index (χ4v) is 2.58. The van der Waals surface area contributed by atoms with E-state index in [1.165, 1.54) is 11.1 Å². The van der Waals surface area contributed by atoms with Crippen molar-refractivity contribution in [3.8, 4) is 0 Å². The van der Waals surface area contributed by atoms with Crippen molar-refractivity contribution in [2.24, 2.45) is 0 Å². The summed E-state index contributed by atoms with van der Waals surface area (Å²) in [4.78, 5) is 0. The van der Waals surface area contributed by atoms with Gasteiger partial charge in [0.2, 0.25) is 0 Å². The first-order chi connectivity index (χ1) is 8.15. The van der Waals surface area contributed by atoms with Gasteiger partial charge < -0.3 is 15.7 Å². The Morgan fingerprint density at radius 3 is 3.00 bits per heavy atom. The van der Waals surface area contributed by atoms with Gasteiger partial charge in [0.1, 0.15) is 0 Å². The normalized spacial score (nSPS) is 22.9. The zero-order valence-corrected chi connectivity index (χ0v) is 10.7. The second-order valence-electron chi connectivity index (χ2n) is 5.05. The van der Waals surface area contributed by atoms with E-state index in [1.807, 2.05) is 20.0 Å². The van der Waals surface area contributed by atoms with Crippen LogP contribution in [0.4, 0.5) is 0 Å². The Kier molecular flexibility index (Phi) is 3.82. The molecule has 0 spiro atoms. The Balaban J connectivity index is 2.22. The fourth-order valence-electron chi connectivity index (χ4n) is 2.58. The monoisotopic (exact) mass is 234 g/mol. The average Bonchev–Trinajstić information content (AvgIpc) is 2.36. The van der Waals surface area contributed by atoms with Crippen molar-refractivity contribution in [2.75, 3.05) is 20.1 Å². The van der Waals surface area contributed by atoms with Crippen LogP contribution in [0.5, 0.6) is 0 Å². The van der Waals surface area contributed by atoms with Gasteiger partial charge in [-0.2, -0.15) is 0 Å². The van der Waals surface area contributed by atoms with Crippen molar-refractivity contribution in [1.29, 1.82) is 0 Å². The molecule has 0 saturated heterocycles. The summed E-state index contributed by atoms with van der Waals surface area (Å²) < 4.78 is 0. The molecule has 1 heterocycles. The summed E-state index contributed by atoms with van der Waals surface area (Å²) in [7, 11) is 1.92. The summed E-state index contributed by atoms with van der Waals surface area (Å²) in [5.74, 6) is 0. The Morgan fingerprint density at radius 2 is 2.24 bits per heavy atom. The molecule has 3 heteroatoms. The van der Waals surface area contributed by atoms with Crippen molar-refractivity contribution in [3.63, 3.8) is 0 Å². The molecule has 2 rings (SSSR count). The Hall–Kier alpha value is -0.900. The summed E-state index contributed by atoms with van der Waals surface area (Å²) >= 11 is 0. The van der Waals surface area contributed by atoms with Crippen LogP contribution in [0.3, 0.4) is 0 Å². The summed E-state index contributed by atoms with van der Waals surface area (Å²) in [5.41, 5.74) is 1.90. The first kappa shape index (κ1) is 12.6. The minimum atomic E-state index is -0.709. The number of nitrogens with one attached hydrogen (secondary N) is 2. The summed E-state index contributed by atoms with van der Waals surface area (Å²) in [6, 6.07) is 8.45. The number of aliphatic hydroxyl groups is 1. The third kappa shape index (κ3) is 2.68. The maximum absolute atomic E-state index is 10.6. The molecule has 94 valence electrons. The lowest BCUT2D eigenvalue weighted by Crippen LogP contribution is -2.46. The van der Waals surface area contributed by atoms with E-state index in [0.29, 0.717) is 0 Å². The molecule has 2 unspecified atom stereocenters. The maximum Gasteiger partial charge on any atom is 0.0825 e. The number of fused-ring (bicyclic) bond motifs is 1. The number of benzene rings is 1. The number of hydrogen-bond donors (Lipinski definition) is 3. The molecule has 1 aliphatic heterocycles. The van der Waals surface area contributed by atoms with Gasteiger partial charge in [0.25, 0.3) is 0 Å². The van der Waals surface area contributed by atoms with Gasteiger partial charge in [-0.25, -0.2) is 0 Å². The fraction of sp³-hybridized carbons (Fsp3) is 0.571. The van der Waals surface area contributed by atoms with Crippen LogP contribution < -0.4 is 10.6 Å². The molecule has 1 aromatic rings. The first-order valence-electron chi connectivity index (χ1n) is 6.33. The molecule has 0 radical (unpaired) electrons. The third-order valence-corrected chi connectivity index (χ3v) is 3.61. The van der Waals surface area contributed by atoms with Gasteiger partial charge >= 0.3 is 0 Å². The van der Waals surface area contributed by atoms with E-state index in [-0.39, 0.29) is 6.04 Å². The molecule has 1 aromatic carbocycles. The molecule has 1 aliphatic rings. The Bertz CT molecular complexity index is 376. The second kappa shape index (κ2) is 5.17. The summed E-state index contributed by atoms with van der Waals surface area (Å²) in [6.07, 6.45) is 1.80. The molecule has 2 atom stereocenters. The smallest absolute Gasteiger partial charge is 0.0825 e. The van der Waals surface area contributed by atoms with Crippen molar-refractivity contribution < 1.29 is 5.11 Å². The number of hydrogen-bond acceptors (Lipinski definition) is 3. The molecule has 0 amide bonds. The highest BCUT2D eigenvalue weighted by Crippen LogP contribution is 2.33. The number of rotatable bonds is 4. The molecular formula is C14H22N2O. The lowest BCUT2D eigenvalue weighted by molar-refractivity contribution is 0.00895. The molecule has 3 N–H and O–H groups in total.